The topological polar surface area (TPSA) is 21.6 Å². The van der Waals surface area contributed by atoms with Gasteiger partial charge < -0.3 is 4.74 Å². The molecule has 2 nitrogen and oxygen atoms in total. The highest BCUT2D eigenvalue weighted by Crippen LogP contribution is 2.22. The fraction of sp³-hybridized carbons (Fsp3) is 0.222. The Morgan fingerprint density at radius 2 is 2.50 bits per heavy atom. The normalized spacial score (nSPS) is 21.3. The minimum Gasteiger partial charge on any atom is -0.486 e. The quantitative estimate of drug-likeness (QED) is 0.615. The SMILES string of the molecule is C1=CC(C2=CN=CCO2)=CSC1. The lowest BCUT2D eigenvalue weighted by atomic mass is 10.2. The van der Waals surface area contributed by atoms with Gasteiger partial charge in [0, 0.05) is 17.5 Å². The van der Waals surface area contributed by atoms with Gasteiger partial charge in [-0.15, -0.1) is 11.8 Å². The van der Waals surface area contributed by atoms with E-state index in [-0.39, 0.29) is 0 Å². The van der Waals surface area contributed by atoms with Gasteiger partial charge in [0.2, 0.25) is 0 Å². The maximum absolute atomic E-state index is 5.40. The highest BCUT2D eigenvalue weighted by atomic mass is 32.2. The lowest BCUT2D eigenvalue weighted by Gasteiger charge is -2.13. The molecule has 0 atom stereocenters. The molecule has 2 heterocycles. The summed E-state index contributed by atoms with van der Waals surface area (Å²) in [6.07, 6.45) is 7.71. The molecule has 0 radical (unpaired) electrons. The summed E-state index contributed by atoms with van der Waals surface area (Å²) in [5.41, 5.74) is 1.13. The number of ether oxygens (including phenoxy) is 1. The zero-order chi connectivity index (χ0) is 8.23. The van der Waals surface area contributed by atoms with Crippen LogP contribution in [0, 0.1) is 0 Å². The van der Waals surface area contributed by atoms with E-state index in [1.54, 1.807) is 24.2 Å². The van der Waals surface area contributed by atoms with Crippen LogP contribution in [0.4, 0.5) is 0 Å². The first kappa shape index (κ1) is 7.68. The van der Waals surface area contributed by atoms with Crippen LogP contribution in [0.25, 0.3) is 0 Å². The Morgan fingerprint density at radius 1 is 1.50 bits per heavy atom. The molecule has 0 aromatic heterocycles. The van der Waals surface area contributed by atoms with Crippen molar-refractivity contribution in [1.29, 1.82) is 0 Å². The van der Waals surface area contributed by atoms with E-state index < -0.39 is 0 Å². The molecule has 0 unspecified atom stereocenters. The Labute approximate surface area is 75.7 Å². The summed E-state index contributed by atoms with van der Waals surface area (Å²) in [5, 5.41) is 2.10. The Hall–Kier alpha value is -0.960. The van der Waals surface area contributed by atoms with Gasteiger partial charge in [-0.25, -0.2) is 0 Å². The second-order valence-corrected chi connectivity index (χ2v) is 3.35. The molecule has 0 aromatic rings. The monoisotopic (exact) mass is 179 g/mol. The van der Waals surface area contributed by atoms with Crippen molar-refractivity contribution in [1.82, 2.24) is 0 Å². The zero-order valence-electron chi connectivity index (χ0n) is 6.56. The van der Waals surface area contributed by atoms with Crippen molar-refractivity contribution in [3.8, 4) is 0 Å². The van der Waals surface area contributed by atoms with Crippen molar-refractivity contribution in [2.45, 2.75) is 0 Å². The van der Waals surface area contributed by atoms with E-state index in [2.05, 4.69) is 22.6 Å². The molecule has 0 N–H and O–H groups in total. The first-order valence-electron chi connectivity index (χ1n) is 3.80. The molecule has 0 saturated carbocycles. The number of nitrogens with zero attached hydrogens (tertiary/aromatic N) is 1. The van der Waals surface area contributed by atoms with Gasteiger partial charge in [-0.05, 0) is 5.41 Å². The van der Waals surface area contributed by atoms with E-state index >= 15 is 0 Å². The number of thioether (sulfide) groups is 1. The summed E-state index contributed by atoms with van der Waals surface area (Å²) < 4.78 is 5.40. The molecule has 0 spiro atoms. The maximum atomic E-state index is 5.40. The fourth-order valence-corrected chi connectivity index (χ4v) is 1.71. The molecule has 0 aliphatic carbocycles. The average Bonchev–Trinajstić information content (AvgIpc) is 2.21. The van der Waals surface area contributed by atoms with E-state index in [1.165, 1.54) is 0 Å². The zero-order valence-corrected chi connectivity index (χ0v) is 7.38. The molecule has 2 aliphatic rings. The standard InChI is InChI=1S/C9H9NOS/c1-2-8(7-12-5-1)9-6-10-3-4-11-9/h1-3,6-7H,4-5H2. The van der Waals surface area contributed by atoms with Crippen LogP contribution in [0.1, 0.15) is 0 Å². The predicted octanol–water partition coefficient (Wildman–Crippen LogP) is 2.12. The van der Waals surface area contributed by atoms with Crippen LogP contribution in [0.2, 0.25) is 0 Å². The van der Waals surface area contributed by atoms with Crippen LogP contribution in [-0.4, -0.2) is 18.6 Å². The Bertz CT molecular complexity index is 289. The van der Waals surface area contributed by atoms with Crippen LogP contribution >= 0.6 is 11.8 Å². The van der Waals surface area contributed by atoms with Crippen LogP contribution < -0.4 is 0 Å². The van der Waals surface area contributed by atoms with Gasteiger partial charge in [0.25, 0.3) is 0 Å². The highest BCUT2D eigenvalue weighted by Gasteiger charge is 2.07. The molecule has 3 heteroatoms. The summed E-state index contributed by atoms with van der Waals surface area (Å²) in [5.74, 6) is 1.93. The summed E-state index contributed by atoms with van der Waals surface area (Å²) in [6.45, 7) is 0.585. The third kappa shape index (κ3) is 1.61. The summed E-state index contributed by atoms with van der Waals surface area (Å²) in [6, 6.07) is 0. The molecule has 62 valence electrons. The Kier molecular flexibility index (Phi) is 2.32. The van der Waals surface area contributed by atoms with Crippen LogP contribution in [0.15, 0.2) is 40.1 Å². The molecule has 0 amide bonds. The average molecular weight is 179 g/mol. The smallest absolute Gasteiger partial charge is 0.145 e. The van der Waals surface area contributed by atoms with Gasteiger partial charge >= 0.3 is 0 Å². The van der Waals surface area contributed by atoms with Gasteiger partial charge in [0.1, 0.15) is 12.4 Å². The van der Waals surface area contributed by atoms with Gasteiger partial charge in [-0.1, -0.05) is 12.2 Å². The molecule has 12 heavy (non-hydrogen) atoms. The van der Waals surface area contributed by atoms with E-state index in [0.29, 0.717) is 6.61 Å². The first-order chi connectivity index (χ1) is 5.97. The molecule has 0 bridgehead atoms. The fourth-order valence-electron chi connectivity index (χ4n) is 1.03. The van der Waals surface area contributed by atoms with Crippen molar-refractivity contribution >= 4 is 18.0 Å². The molecular formula is C9H9NOS. The highest BCUT2D eigenvalue weighted by molar-refractivity contribution is 8.02. The van der Waals surface area contributed by atoms with Crippen LogP contribution in [0.5, 0.6) is 0 Å². The molecule has 2 rings (SSSR count). The van der Waals surface area contributed by atoms with Gasteiger partial charge in [-0.2, -0.15) is 0 Å². The Morgan fingerprint density at radius 3 is 3.17 bits per heavy atom. The molecule has 0 aromatic carbocycles. The summed E-state index contributed by atoms with van der Waals surface area (Å²) >= 11 is 1.78. The predicted molar refractivity (Wildman–Crippen MR) is 52.2 cm³/mol. The number of allylic oxidation sites excluding steroid dienone is 1. The van der Waals surface area contributed by atoms with Crippen LogP contribution in [0.3, 0.4) is 0 Å². The molecule has 2 aliphatic heterocycles. The summed E-state index contributed by atoms with van der Waals surface area (Å²) in [7, 11) is 0. The van der Waals surface area contributed by atoms with E-state index in [4.69, 9.17) is 4.74 Å². The number of hydrogen-bond donors (Lipinski definition) is 0. The molecule has 0 fully saturated rings. The van der Waals surface area contributed by atoms with Gasteiger partial charge in [0.15, 0.2) is 0 Å². The van der Waals surface area contributed by atoms with Crippen molar-refractivity contribution in [3.63, 3.8) is 0 Å². The van der Waals surface area contributed by atoms with Gasteiger partial charge in [-0.3, -0.25) is 4.99 Å². The minimum absolute atomic E-state index is 0.585. The van der Waals surface area contributed by atoms with E-state index in [1.807, 2.05) is 0 Å². The van der Waals surface area contributed by atoms with Crippen molar-refractivity contribution in [3.05, 3.63) is 35.1 Å². The third-order valence-electron chi connectivity index (χ3n) is 1.60. The largest absolute Gasteiger partial charge is 0.486 e. The molecular weight excluding hydrogens is 170 g/mol. The second kappa shape index (κ2) is 3.63. The van der Waals surface area contributed by atoms with E-state index in [9.17, 15) is 0 Å². The lowest BCUT2D eigenvalue weighted by Crippen LogP contribution is -2.02. The van der Waals surface area contributed by atoms with Crippen molar-refractivity contribution < 1.29 is 4.74 Å². The second-order valence-electron chi connectivity index (χ2n) is 2.44. The third-order valence-corrected chi connectivity index (χ3v) is 2.40. The Balaban J connectivity index is 2.17. The summed E-state index contributed by atoms with van der Waals surface area (Å²) in [4.78, 5) is 4.04. The minimum atomic E-state index is 0.585. The molecule has 0 saturated heterocycles. The van der Waals surface area contributed by atoms with Crippen molar-refractivity contribution in [2.75, 3.05) is 12.4 Å². The maximum Gasteiger partial charge on any atom is 0.145 e. The lowest BCUT2D eigenvalue weighted by molar-refractivity contribution is 0.267. The first-order valence-corrected chi connectivity index (χ1v) is 4.85. The van der Waals surface area contributed by atoms with Gasteiger partial charge in [0.05, 0.1) is 6.20 Å². The number of aliphatic imine (C=N–C) groups is 1. The van der Waals surface area contributed by atoms with E-state index in [0.717, 1.165) is 17.1 Å². The number of rotatable bonds is 1. The van der Waals surface area contributed by atoms with Crippen molar-refractivity contribution in [2.24, 2.45) is 4.99 Å². The van der Waals surface area contributed by atoms with Crippen LogP contribution in [-0.2, 0) is 4.74 Å². The number of hydrogen-bond acceptors (Lipinski definition) is 3.